The molecule has 1 aliphatic heterocycles. The Morgan fingerprint density at radius 2 is 1.80 bits per heavy atom. The average Bonchev–Trinajstić information content (AvgIpc) is 2.98. The van der Waals surface area contributed by atoms with E-state index in [2.05, 4.69) is 23.0 Å². The van der Waals surface area contributed by atoms with Gasteiger partial charge in [-0.05, 0) is 54.5 Å². The first kappa shape index (κ1) is 19.9. The third-order valence-corrected chi connectivity index (χ3v) is 5.95. The molecule has 4 rings (SSSR count). The number of hydrogen-bond acceptors (Lipinski definition) is 4. The zero-order valence-electron chi connectivity index (χ0n) is 16.7. The minimum atomic E-state index is -0.925. The first-order valence-electron chi connectivity index (χ1n) is 10.1. The minimum Gasteiger partial charge on any atom is -0.343 e. The molecule has 0 aromatic heterocycles. The fraction of sp³-hybridized carbons (Fsp3) is 0.364. The van der Waals surface area contributed by atoms with Crippen LogP contribution in [0.4, 0.5) is 4.79 Å². The van der Waals surface area contributed by atoms with Gasteiger partial charge in [0.1, 0.15) is 5.54 Å². The van der Waals surface area contributed by atoms with E-state index < -0.39 is 29.3 Å². The lowest BCUT2D eigenvalue weighted by molar-refractivity contribution is -0.139. The molecule has 1 spiro atoms. The Morgan fingerprint density at radius 3 is 2.53 bits per heavy atom. The highest BCUT2D eigenvalue weighted by Crippen LogP contribution is 2.35. The molecule has 2 aromatic rings. The number of nitrogens with zero attached hydrogens (tertiary/aromatic N) is 1. The lowest BCUT2D eigenvalue weighted by Gasteiger charge is -2.33. The van der Waals surface area contributed by atoms with E-state index in [1.807, 2.05) is 30.3 Å². The van der Waals surface area contributed by atoms with Crippen LogP contribution in [-0.2, 0) is 9.59 Å². The van der Waals surface area contributed by atoms with E-state index in [9.17, 15) is 19.2 Å². The molecular formula is C22H24N4O4. The number of carbonyl (C=O) groups excluding carboxylic acids is 4. The van der Waals surface area contributed by atoms with Crippen molar-refractivity contribution in [2.45, 2.75) is 38.1 Å². The van der Waals surface area contributed by atoms with Crippen LogP contribution in [-0.4, -0.2) is 40.8 Å². The maximum absolute atomic E-state index is 12.8. The number of hydrazine groups is 1. The average molecular weight is 408 g/mol. The summed E-state index contributed by atoms with van der Waals surface area (Å²) in [4.78, 5) is 49.7. The largest absolute Gasteiger partial charge is 0.344 e. The third-order valence-electron chi connectivity index (χ3n) is 5.95. The molecule has 0 bridgehead atoms. The Balaban J connectivity index is 1.34. The van der Waals surface area contributed by atoms with Crippen LogP contribution in [0.2, 0.25) is 0 Å². The maximum Gasteiger partial charge on any atom is 0.344 e. The van der Waals surface area contributed by atoms with Crippen molar-refractivity contribution in [3.8, 4) is 0 Å². The van der Waals surface area contributed by atoms with Crippen molar-refractivity contribution in [3.05, 3.63) is 48.0 Å². The summed E-state index contributed by atoms with van der Waals surface area (Å²) in [5, 5.41) is 7.93. The van der Waals surface area contributed by atoms with Gasteiger partial charge in [-0.15, -0.1) is 0 Å². The van der Waals surface area contributed by atoms with Crippen molar-refractivity contribution < 1.29 is 19.2 Å². The van der Waals surface area contributed by atoms with E-state index in [0.29, 0.717) is 24.3 Å². The van der Waals surface area contributed by atoms with E-state index in [1.165, 1.54) is 0 Å². The molecule has 0 atom stereocenters. The molecule has 1 heterocycles. The molecule has 5 amide bonds. The predicted molar refractivity (Wildman–Crippen MR) is 110 cm³/mol. The molecule has 2 aromatic carbocycles. The fourth-order valence-electron chi connectivity index (χ4n) is 4.07. The van der Waals surface area contributed by atoms with E-state index in [-0.39, 0.29) is 6.54 Å². The Bertz CT molecular complexity index is 1030. The minimum absolute atomic E-state index is 0.354. The SMILES string of the molecule is CC1CCC2(CC1)NC(=O)N(NC(=O)CNC(=O)c1ccc3ccccc3c1)C2=O. The summed E-state index contributed by atoms with van der Waals surface area (Å²) in [7, 11) is 0. The summed E-state index contributed by atoms with van der Waals surface area (Å²) in [6.45, 7) is 1.76. The lowest BCUT2D eigenvalue weighted by atomic mass is 9.77. The second-order valence-electron chi connectivity index (χ2n) is 8.11. The molecule has 156 valence electrons. The zero-order valence-corrected chi connectivity index (χ0v) is 16.7. The molecule has 0 unspecified atom stereocenters. The first-order chi connectivity index (χ1) is 14.4. The van der Waals surface area contributed by atoms with Gasteiger partial charge in [0.25, 0.3) is 17.7 Å². The van der Waals surface area contributed by atoms with Gasteiger partial charge in [-0.25, -0.2) is 4.79 Å². The van der Waals surface area contributed by atoms with Crippen molar-refractivity contribution in [1.29, 1.82) is 0 Å². The molecule has 30 heavy (non-hydrogen) atoms. The van der Waals surface area contributed by atoms with Gasteiger partial charge < -0.3 is 10.6 Å². The van der Waals surface area contributed by atoms with Crippen LogP contribution in [0.3, 0.4) is 0 Å². The van der Waals surface area contributed by atoms with Gasteiger partial charge in [-0.3, -0.25) is 19.8 Å². The second-order valence-corrected chi connectivity index (χ2v) is 8.11. The highest BCUT2D eigenvalue weighted by atomic mass is 16.2. The lowest BCUT2D eigenvalue weighted by Crippen LogP contribution is -2.52. The van der Waals surface area contributed by atoms with E-state index in [1.54, 1.807) is 12.1 Å². The van der Waals surface area contributed by atoms with Gasteiger partial charge in [-0.1, -0.05) is 37.3 Å². The maximum atomic E-state index is 12.8. The number of hydrogen-bond donors (Lipinski definition) is 3. The van der Waals surface area contributed by atoms with Crippen molar-refractivity contribution in [3.63, 3.8) is 0 Å². The summed E-state index contributed by atoms with van der Waals surface area (Å²) < 4.78 is 0. The molecule has 1 aliphatic carbocycles. The Hall–Kier alpha value is -3.42. The molecule has 1 saturated carbocycles. The number of amides is 5. The van der Waals surface area contributed by atoms with Crippen LogP contribution < -0.4 is 16.1 Å². The number of fused-ring (bicyclic) bond motifs is 1. The van der Waals surface area contributed by atoms with Crippen LogP contribution in [0.1, 0.15) is 43.0 Å². The summed E-state index contributed by atoms with van der Waals surface area (Å²) in [5.74, 6) is -0.984. The summed E-state index contributed by atoms with van der Waals surface area (Å²) in [5.41, 5.74) is 1.81. The van der Waals surface area contributed by atoms with Gasteiger partial charge in [0.2, 0.25) is 0 Å². The van der Waals surface area contributed by atoms with Gasteiger partial charge in [0.15, 0.2) is 0 Å². The van der Waals surface area contributed by atoms with Gasteiger partial charge in [-0.2, -0.15) is 5.01 Å². The van der Waals surface area contributed by atoms with Crippen LogP contribution in [0.25, 0.3) is 10.8 Å². The van der Waals surface area contributed by atoms with Crippen molar-refractivity contribution in [2.24, 2.45) is 5.92 Å². The number of urea groups is 1. The molecule has 3 N–H and O–H groups in total. The number of rotatable bonds is 4. The zero-order chi connectivity index (χ0) is 21.3. The van der Waals surface area contributed by atoms with Crippen molar-refractivity contribution in [1.82, 2.24) is 21.1 Å². The quantitative estimate of drug-likeness (QED) is 0.674. The van der Waals surface area contributed by atoms with Gasteiger partial charge in [0.05, 0.1) is 6.54 Å². The predicted octanol–water partition coefficient (Wildman–Crippen LogP) is 2.10. The van der Waals surface area contributed by atoms with Gasteiger partial charge in [0, 0.05) is 5.56 Å². The van der Waals surface area contributed by atoms with Gasteiger partial charge >= 0.3 is 6.03 Å². The number of benzene rings is 2. The fourth-order valence-corrected chi connectivity index (χ4v) is 4.07. The molecule has 0 radical (unpaired) electrons. The molecule has 1 saturated heterocycles. The molecule has 8 heteroatoms. The topological polar surface area (TPSA) is 108 Å². The third kappa shape index (κ3) is 3.72. The van der Waals surface area contributed by atoms with Crippen LogP contribution >= 0.6 is 0 Å². The summed E-state index contributed by atoms with van der Waals surface area (Å²) in [6, 6.07) is 12.3. The highest BCUT2D eigenvalue weighted by Gasteiger charge is 2.52. The monoisotopic (exact) mass is 408 g/mol. The number of carbonyl (C=O) groups is 4. The molecule has 8 nitrogen and oxygen atoms in total. The second kappa shape index (κ2) is 7.78. The molecular weight excluding hydrogens is 384 g/mol. The van der Waals surface area contributed by atoms with E-state index >= 15 is 0 Å². The number of nitrogens with one attached hydrogen (secondary N) is 3. The summed E-state index contributed by atoms with van der Waals surface area (Å²) >= 11 is 0. The first-order valence-corrected chi connectivity index (χ1v) is 10.1. The van der Waals surface area contributed by atoms with E-state index in [4.69, 9.17) is 0 Å². The van der Waals surface area contributed by atoms with E-state index in [0.717, 1.165) is 28.6 Å². The van der Waals surface area contributed by atoms with Crippen molar-refractivity contribution >= 4 is 34.5 Å². The standard InChI is InChI=1S/C22H24N4O4/c1-14-8-10-22(11-9-14)20(29)26(21(30)24-22)25-18(27)13-23-19(28)17-7-6-15-4-2-3-5-16(15)12-17/h2-7,12,14H,8-11,13H2,1H3,(H,23,28)(H,24,30)(H,25,27). The van der Waals surface area contributed by atoms with Crippen LogP contribution in [0.5, 0.6) is 0 Å². The summed E-state index contributed by atoms with van der Waals surface area (Å²) in [6.07, 6.45) is 2.80. The van der Waals surface area contributed by atoms with Crippen LogP contribution in [0, 0.1) is 5.92 Å². The Kier molecular flexibility index (Phi) is 5.15. The molecule has 2 aliphatic rings. The highest BCUT2D eigenvalue weighted by molar-refractivity contribution is 6.08. The smallest absolute Gasteiger partial charge is 0.343 e. The Labute approximate surface area is 174 Å². The van der Waals surface area contributed by atoms with Crippen molar-refractivity contribution in [2.75, 3.05) is 6.54 Å². The normalized spacial score (nSPS) is 23.5. The number of imide groups is 1. The van der Waals surface area contributed by atoms with Crippen LogP contribution in [0.15, 0.2) is 42.5 Å². The Morgan fingerprint density at radius 1 is 1.10 bits per heavy atom. The molecule has 2 fully saturated rings.